The fourth-order valence-corrected chi connectivity index (χ4v) is 4.52. The van der Waals surface area contributed by atoms with E-state index >= 15 is 0 Å². The number of aromatic nitrogens is 1. The number of alkyl halides is 3. The summed E-state index contributed by atoms with van der Waals surface area (Å²) in [4.78, 5) is 16.1. The number of nitrogens with zero attached hydrogens (tertiary/aromatic N) is 1. The van der Waals surface area contributed by atoms with Gasteiger partial charge in [0.15, 0.2) is 11.5 Å². The van der Waals surface area contributed by atoms with Crippen molar-refractivity contribution < 1.29 is 36.7 Å². The number of carboxylic acid groups (broad SMARTS) is 1. The number of benzene rings is 2. The number of H-pyrrole nitrogens is 1. The maximum Gasteiger partial charge on any atom is 0.390 e. The molecule has 2 aromatic carbocycles. The molecule has 182 valence electrons. The van der Waals surface area contributed by atoms with Crippen molar-refractivity contribution in [3.63, 3.8) is 0 Å². The van der Waals surface area contributed by atoms with Crippen molar-refractivity contribution in [3.05, 3.63) is 59.3 Å². The van der Waals surface area contributed by atoms with Crippen molar-refractivity contribution >= 4 is 16.9 Å². The molecule has 2 atom stereocenters. The van der Waals surface area contributed by atoms with E-state index in [0.717, 1.165) is 11.1 Å². The first-order valence-corrected chi connectivity index (χ1v) is 10.9. The molecule has 0 aliphatic carbocycles. The molecule has 0 bridgehead atoms. The van der Waals surface area contributed by atoms with E-state index in [1.807, 2.05) is 0 Å². The molecule has 2 N–H and O–H groups in total. The van der Waals surface area contributed by atoms with Gasteiger partial charge in [-0.15, -0.1) is 0 Å². The maximum absolute atomic E-state index is 12.9. The number of piperidine rings is 1. The number of nitrogens with one attached hydrogen (secondary N) is 1. The number of fused-ring (bicyclic) bond motifs is 1. The number of ether oxygens (including phenoxy) is 2. The minimum Gasteiger partial charge on any atom is -0.493 e. The minimum absolute atomic E-state index is 0.0454. The summed E-state index contributed by atoms with van der Waals surface area (Å²) in [6, 6.07) is 9.50. The van der Waals surface area contributed by atoms with Crippen molar-refractivity contribution in [2.24, 2.45) is 0 Å². The number of likely N-dealkylation sites (tertiary alicyclic amines) is 1. The van der Waals surface area contributed by atoms with E-state index in [4.69, 9.17) is 13.6 Å². The van der Waals surface area contributed by atoms with Gasteiger partial charge in [0.05, 0.1) is 28.7 Å². The maximum atomic E-state index is 12.9. The van der Waals surface area contributed by atoms with Crippen LogP contribution in [0.15, 0.2) is 42.6 Å². The Morgan fingerprint density at radius 3 is 2.74 bits per heavy atom. The highest BCUT2D eigenvalue weighted by Gasteiger charge is 2.35. The van der Waals surface area contributed by atoms with Crippen molar-refractivity contribution in [2.45, 2.75) is 38.0 Å². The summed E-state index contributed by atoms with van der Waals surface area (Å²) in [6.45, 7) is 2.24. The van der Waals surface area contributed by atoms with Crippen LogP contribution in [0.3, 0.4) is 0 Å². The molecule has 1 fully saturated rings. The lowest BCUT2D eigenvalue weighted by molar-refractivity contribution is -0.139. The lowest BCUT2D eigenvalue weighted by Crippen LogP contribution is -2.45. The Hall–Kier alpha value is -3.20. The number of carboxylic acids is 1. The summed E-state index contributed by atoms with van der Waals surface area (Å²) >= 11 is 0. The molecule has 34 heavy (non-hydrogen) atoms. The van der Waals surface area contributed by atoms with Gasteiger partial charge in [0.25, 0.3) is 0 Å². The molecule has 0 saturated carbocycles. The van der Waals surface area contributed by atoms with Crippen LogP contribution in [0.25, 0.3) is 10.9 Å². The van der Waals surface area contributed by atoms with Crippen molar-refractivity contribution in [1.29, 1.82) is 0 Å². The molecule has 0 unspecified atom stereocenters. The van der Waals surface area contributed by atoms with Crippen LogP contribution in [-0.4, -0.2) is 59.9 Å². The topological polar surface area (TPSA) is 74.8 Å². The van der Waals surface area contributed by atoms with Crippen LogP contribution in [0, 0.1) is 6.92 Å². The van der Waals surface area contributed by atoms with Crippen LogP contribution in [0.4, 0.5) is 13.2 Å². The van der Waals surface area contributed by atoms with Crippen LogP contribution >= 0.6 is 0 Å². The summed E-state index contributed by atoms with van der Waals surface area (Å²) < 4.78 is 73.1. The summed E-state index contributed by atoms with van der Waals surface area (Å²) in [5.74, 6) is -1.21. The fraction of sp³-hybridized carbons (Fsp3) is 0.400. The Morgan fingerprint density at radius 2 is 2.06 bits per heavy atom. The van der Waals surface area contributed by atoms with Crippen LogP contribution in [0.1, 0.15) is 44.4 Å². The second-order valence-electron chi connectivity index (χ2n) is 8.53. The van der Waals surface area contributed by atoms with Gasteiger partial charge in [-0.05, 0) is 48.7 Å². The zero-order valence-corrected chi connectivity index (χ0v) is 18.5. The quantitative estimate of drug-likeness (QED) is 0.477. The highest BCUT2D eigenvalue weighted by Crippen LogP contribution is 2.41. The lowest BCUT2D eigenvalue weighted by Gasteiger charge is -2.39. The molecule has 1 aromatic heterocycles. The van der Waals surface area contributed by atoms with Gasteiger partial charge in [-0.2, -0.15) is 13.2 Å². The van der Waals surface area contributed by atoms with E-state index < -0.39 is 37.6 Å². The fourth-order valence-electron chi connectivity index (χ4n) is 4.52. The highest BCUT2D eigenvalue weighted by molar-refractivity contribution is 5.91. The summed E-state index contributed by atoms with van der Waals surface area (Å²) in [5.41, 5.74) is 2.31. The van der Waals surface area contributed by atoms with E-state index in [1.165, 1.54) is 12.1 Å². The van der Waals surface area contributed by atoms with E-state index in [9.17, 15) is 23.1 Å². The Kier molecular flexibility index (Phi) is 5.69. The van der Waals surface area contributed by atoms with Gasteiger partial charge in [0, 0.05) is 37.1 Å². The Labute approximate surface area is 199 Å². The van der Waals surface area contributed by atoms with Gasteiger partial charge in [0.2, 0.25) is 0 Å². The van der Waals surface area contributed by atoms with Crippen molar-refractivity contribution in [2.75, 3.05) is 26.7 Å². The monoisotopic (exact) mass is 479 g/mol. The second kappa shape index (κ2) is 9.58. The number of aromatic carboxylic acids is 1. The molecule has 0 amide bonds. The third-order valence-electron chi connectivity index (χ3n) is 6.27. The average Bonchev–Trinajstić information content (AvgIpc) is 3.30. The lowest BCUT2D eigenvalue weighted by atomic mass is 9.87. The van der Waals surface area contributed by atoms with Gasteiger partial charge >= 0.3 is 12.1 Å². The minimum atomic E-state index is -4.28. The first-order valence-electron chi connectivity index (χ1n) is 12.4. The molecular weight excluding hydrogens is 449 g/mol. The number of carbonyl (C=O) groups is 1. The zero-order chi connectivity index (χ0) is 27.0. The SMILES string of the molecule is [2H]C([2H])([2H])Oc1cc(C)c2[nH]ccc2c1O[C@H]1CCN(CCC(F)(F)F)C[C@@H]1c1ccc(C(=O)O)cc1. The Morgan fingerprint density at radius 1 is 1.29 bits per heavy atom. The molecule has 0 spiro atoms. The molecule has 0 radical (unpaired) electrons. The third kappa shape index (κ3) is 5.14. The van der Waals surface area contributed by atoms with Crippen molar-refractivity contribution in [3.8, 4) is 11.5 Å². The Balaban J connectivity index is 1.69. The highest BCUT2D eigenvalue weighted by atomic mass is 19.4. The Bertz CT molecular complexity index is 1260. The largest absolute Gasteiger partial charge is 0.493 e. The van der Waals surface area contributed by atoms with Crippen LogP contribution in [-0.2, 0) is 0 Å². The van der Waals surface area contributed by atoms with E-state index in [-0.39, 0.29) is 30.2 Å². The predicted octanol–water partition coefficient (Wildman–Crippen LogP) is 5.37. The first kappa shape index (κ1) is 20.2. The summed E-state index contributed by atoms with van der Waals surface area (Å²) in [5, 5.41) is 9.87. The number of hydrogen-bond acceptors (Lipinski definition) is 4. The second-order valence-corrected chi connectivity index (χ2v) is 8.53. The van der Waals surface area contributed by atoms with Gasteiger partial charge in [-0.25, -0.2) is 4.79 Å². The van der Waals surface area contributed by atoms with E-state index in [0.29, 0.717) is 23.9 Å². The normalized spacial score (nSPS) is 21.0. The smallest absolute Gasteiger partial charge is 0.390 e. The van der Waals surface area contributed by atoms with Crippen LogP contribution in [0.2, 0.25) is 0 Å². The van der Waals surface area contributed by atoms with Gasteiger partial charge in [-0.3, -0.25) is 0 Å². The van der Waals surface area contributed by atoms with Crippen LogP contribution < -0.4 is 9.47 Å². The van der Waals surface area contributed by atoms with Gasteiger partial charge in [-0.1, -0.05) is 12.1 Å². The number of rotatable bonds is 7. The van der Waals surface area contributed by atoms with E-state index in [1.54, 1.807) is 42.3 Å². The molecule has 2 heterocycles. The average molecular weight is 480 g/mol. The first-order chi connectivity index (χ1) is 17.3. The molecule has 3 aromatic rings. The van der Waals surface area contributed by atoms with Gasteiger partial charge < -0.3 is 24.5 Å². The number of methoxy groups -OCH3 is 1. The zero-order valence-electron chi connectivity index (χ0n) is 21.5. The van der Waals surface area contributed by atoms with Crippen LogP contribution in [0.5, 0.6) is 11.5 Å². The number of aromatic amines is 1. The molecule has 1 saturated heterocycles. The molecule has 6 nitrogen and oxygen atoms in total. The predicted molar refractivity (Wildman–Crippen MR) is 122 cm³/mol. The molecule has 1 aliphatic heterocycles. The van der Waals surface area contributed by atoms with Gasteiger partial charge in [0.1, 0.15) is 6.10 Å². The standard InChI is InChI=1S/C25H27F3N2O4/c1-15-13-21(33-2)23(18-7-10-29-22(15)18)34-20-8-11-30(12-9-25(26,27)28)14-19(20)16-3-5-17(6-4-16)24(31)32/h3-7,10,13,19-20,29H,8-9,11-12,14H2,1-2H3,(H,31,32)/t19-,20+/m1/s1/i2D3. The summed E-state index contributed by atoms with van der Waals surface area (Å²) in [6.07, 6.45) is -3.68. The number of aryl methyl sites for hydroxylation is 1. The molecular formula is C25H27F3N2O4. The molecule has 9 heteroatoms. The number of halogens is 3. The third-order valence-corrected chi connectivity index (χ3v) is 6.27. The number of hydrogen-bond donors (Lipinski definition) is 2. The van der Waals surface area contributed by atoms with Crippen molar-refractivity contribution in [1.82, 2.24) is 9.88 Å². The molecule has 4 rings (SSSR count). The molecule has 1 aliphatic rings. The van der Waals surface area contributed by atoms with E-state index in [2.05, 4.69) is 4.98 Å². The summed E-state index contributed by atoms with van der Waals surface area (Å²) in [7, 11) is -2.72.